The maximum atomic E-state index is 13.3. The number of hydrogen-bond acceptors (Lipinski definition) is 3. The van der Waals surface area contributed by atoms with Crippen molar-refractivity contribution in [2.45, 2.75) is 24.5 Å². The third-order valence-electron chi connectivity index (χ3n) is 2.76. The zero-order valence-electron chi connectivity index (χ0n) is 10.1. The molecule has 2 atom stereocenters. The summed E-state index contributed by atoms with van der Waals surface area (Å²) in [5, 5.41) is 8.47. The minimum Gasteiger partial charge on any atom is -0.387 e. The van der Waals surface area contributed by atoms with E-state index in [9.17, 15) is 31.1 Å². The Morgan fingerprint density at radius 2 is 1.79 bits per heavy atom. The molecule has 1 aromatic rings. The molecular formula is C11H12F4O3S. The first kappa shape index (κ1) is 15.9. The Kier molecular flexibility index (Phi) is 4.26. The van der Waals surface area contributed by atoms with Crippen LogP contribution in [0.25, 0.3) is 0 Å². The Morgan fingerprint density at radius 3 is 2.16 bits per heavy atom. The van der Waals surface area contributed by atoms with E-state index < -0.39 is 38.7 Å². The second-order valence-electron chi connectivity index (χ2n) is 4.22. The number of halogens is 4. The predicted molar refractivity (Wildman–Crippen MR) is 60.7 cm³/mol. The van der Waals surface area contributed by atoms with E-state index in [1.54, 1.807) is 0 Å². The van der Waals surface area contributed by atoms with Crippen LogP contribution in [-0.4, -0.2) is 25.0 Å². The Hall–Kier alpha value is -1.15. The van der Waals surface area contributed by atoms with E-state index in [0.29, 0.717) is 12.1 Å². The van der Waals surface area contributed by atoms with Crippen LogP contribution in [0.3, 0.4) is 0 Å². The van der Waals surface area contributed by atoms with Crippen molar-refractivity contribution in [2.24, 2.45) is 0 Å². The fourth-order valence-electron chi connectivity index (χ4n) is 1.45. The van der Waals surface area contributed by atoms with Crippen LogP contribution in [0, 0.1) is 5.82 Å². The van der Waals surface area contributed by atoms with Gasteiger partial charge in [-0.25, -0.2) is 12.8 Å². The topological polar surface area (TPSA) is 54.4 Å². The second kappa shape index (κ2) is 5.09. The maximum absolute atomic E-state index is 13.3. The third kappa shape index (κ3) is 3.66. The highest BCUT2D eigenvalue weighted by Crippen LogP contribution is 2.33. The first-order chi connectivity index (χ1) is 8.44. The molecule has 108 valence electrons. The quantitative estimate of drug-likeness (QED) is 0.872. The minimum absolute atomic E-state index is 0.219. The first-order valence-corrected chi connectivity index (χ1v) is 7.13. The number of benzene rings is 1. The lowest BCUT2D eigenvalue weighted by molar-refractivity contribution is -0.140. The molecule has 1 aromatic carbocycles. The highest BCUT2D eigenvalue weighted by Gasteiger charge is 2.35. The second-order valence-corrected chi connectivity index (χ2v) is 6.62. The molecule has 3 nitrogen and oxygen atoms in total. The molecule has 0 radical (unpaired) electrons. The summed E-state index contributed by atoms with van der Waals surface area (Å²) in [5.41, 5.74) is -1.68. The zero-order valence-corrected chi connectivity index (χ0v) is 10.9. The average molecular weight is 300 g/mol. The SMILES string of the molecule is CC(C(O)c1ccc(C(F)(F)F)c(F)c1)S(C)(=O)=O. The van der Waals surface area contributed by atoms with Gasteiger partial charge in [0, 0.05) is 6.26 Å². The maximum Gasteiger partial charge on any atom is 0.419 e. The molecule has 0 bridgehead atoms. The summed E-state index contributed by atoms with van der Waals surface area (Å²) in [6, 6.07) is 1.83. The summed E-state index contributed by atoms with van der Waals surface area (Å²) in [6.07, 6.45) is -5.55. The molecule has 0 spiro atoms. The van der Waals surface area contributed by atoms with Crippen molar-refractivity contribution in [2.75, 3.05) is 6.26 Å². The molecule has 0 aliphatic carbocycles. The van der Waals surface area contributed by atoms with Gasteiger partial charge in [0.05, 0.1) is 16.9 Å². The van der Waals surface area contributed by atoms with Crippen LogP contribution in [0.15, 0.2) is 18.2 Å². The van der Waals surface area contributed by atoms with E-state index in [1.807, 2.05) is 0 Å². The van der Waals surface area contributed by atoms with Gasteiger partial charge >= 0.3 is 6.18 Å². The van der Waals surface area contributed by atoms with Crippen LogP contribution in [-0.2, 0) is 16.0 Å². The van der Waals surface area contributed by atoms with Gasteiger partial charge in [0.15, 0.2) is 9.84 Å². The third-order valence-corrected chi connectivity index (χ3v) is 4.37. The lowest BCUT2D eigenvalue weighted by Crippen LogP contribution is -2.24. The number of aliphatic hydroxyl groups excluding tert-OH is 1. The molecule has 1 N–H and O–H groups in total. The van der Waals surface area contributed by atoms with Gasteiger partial charge in [-0.2, -0.15) is 13.2 Å². The Labute approximate surface area is 107 Å². The van der Waals surface area contributed by atoms with Crippen LogP contribution in [0.4, 0.5) is 17.6 Å². The van der Waals surface area contributed by atoms with Gasteiger partial charge in [-0.05, 0) is 24.6 Å². The van der Waals surface area contributed by atoms with E-state index in [1.165, 1.54) is 6.92 Å². The molecule has 2 unspecified atom stereocenters. The molecule has 0 aliphatic rings. The van der Waals surface area contributed by atoms with Crippen LogP contribution in [0.5, 0.6) is 0 Å². The minimum atomic E-state index is -4.84. The summed E-state index contributed by atoms with van der Waals surface area (Å²) in [6.45, 7) is 1.19. The smallest absolute Gasteiger partial charge is 0.387 e. The van der Waals surface area contributed by atoms with E-state index in [2.05, 4.69) is 0 Å². The number of hydrogen-bond donors (Lipinski definition) is 1. The van der Waals surface area contributed by atoms with E-state index in [4.69, 9.17) is 0 Å². The predicted octanol–water partition coefficient (Wildman–Crippen LogP) is 2.31. The van der Waals surface area contributed by atoms with Gasteiger partial charge in [0.2, 0.25) is 0 Å². The summed E-state index contributed by atoms with van der Waals surface area (Å²) in [7, 11) is -3.60. The summed E-state index contributed by atoms with van der Waals surface area (Å²) < 4.78 is 72.7. The fraction of sp³-hybridized carbons (Fsp3) is 0.455. The van der Waals surface area contributed by atoms with Crippen molar-refractivity contribution in [1.82, 2.24) is 0 Å². The largest absolute Gasteiger partial charge is 0.419 e. The van der Waals surface area contributed by atoms with Crippen LogP contribution >= 0.6 is 0 Å². The molecule has 0 fully saturated rings. The van der Waals surface area contributed by atoms with Gasteiger partial charge in [-0.3, -0.25) is 0 Å². The van der Waals surface area contributed by atoms with E-state index >= 15 is 0 Å². The molecule has 0 saturated heterocycles. The Morgan fingerprint density at radius 1 is 1.26 bits per heavy atom. The van der Waals surface area contributed by atoms with Gasteiger partial charge in [0.1, 0.15) is 5.82 Å². The summed E-state index contributed by atoms with van der Waals surface area (Å²) in [5.74, 6) is -1.55. The van der Waals surface area contributed by atoms with Crippen molar-refractivity contribution in [1.29, 1.82) is 0 Å². The molecule has 19 heavy (non-hydrogen) atoms. The standard InChI is InChI=1S/C11H12F4O3S/c1-6(19(2,17)18)10(16)7-3-4-8(9(12)5-7)11(13,14)15/h3-6,10,16H,1-2H3. The van der Waals surface area contributed by atoms with E-state index in [-0.39, 0.29) is 5.56 Å². The molecule has 1 rings (SSSR count). The number of sulfone groups is 1. The number of alkyl halides is 3. The van der Waals surface area contributed by atoms with Crippen molar-refractivity contribution in [3.63, 3.8) is 0 Å². The fourth-order valence-corrected chi connectivity index (χ4v) is 2.08. The van der Waals surface area contributed by atoms with Crippen molar-refractivity contribution in [3.8, 4) is 0 Å². The molecule has 0 heterocycles. The van der Waals surface area contributed by atoms with Crippen LogP contribution < -0.4 is 0 Å². The average Bonchev–Trinajstić information content (AvgIpc) is 2.23. The van der Waals surface area contributed by atoms with Gasteiger partial charge in [-0.15, -0.1) is 0 Å². The first-order valence-electron chi connectivity index (χ1n) is 5.18. The number of aliphatic hydroxyl groups is 1. The normalized spacial score (nSPS) is 16.2. The van der Waals surface area contributed by atoms with Crippen molar-refractivity contribution >= 4 is 9.84 Å². The van der Waals surface area contributed by atoms with E-state index in [0.717, 1.165) is 12.3 Å². The van der Waals surface area contributed by atoms with Gasteiger partial charge in [-0.1, -0.05) is 6.07 Å². The molecule has 8 heteroatoms. The monoisotopic (exact) mass is 300 g/mol. The highest BCUT2D eigenvalue weighted by atomic mass is 32.2. The van der Waals surface area contributed by atoms with Crippen molar-refractivity contribution in [3.05, 3.63) is 35.1 Å². The molecule has 0 aromatic heterocycles. The lowest BCUT2D eigenvalue weighted by Gasteiger charge is -2.18. The Balaban J connectivity index is 3.15. The van der Waals surface area contributed by atoms with Crippen LogP contribution in [0.2, 0.25) is 0 Å². The summed E-state index contributed by atoms with van der Waals surface area (Å²) >= 11 is 0. The van der Waals surface area contributed by atoms with Crippen LogP contribution in [0.1, 0.15) is 24.2 Å². The Bertz CT molecular complexity index is 566. The molecule has 0 aliphatic heterocycles. The number of rotatable bonds is 3. The molecule has 0 saturated carbocycles. The summed E-state index contributed by atoms with van der Waals surface area (Å²) in [4.78, 5) is 0. The lowest BCUT2D eigenvalue weighted by atomic mass is 10.0. The van der Waals surface area contributed by atoms with Crippen molar-refractivity contribution < 1.29 is 31.1 Å². The molecule has 0 amide bonds. The zero-order chi connectivity index (χ0) is 15.0. The highest BCUT2D eigenvalue weighted by molar-refractivity contribution is 7.91. The molecular weight excluding hydrogens is 288 g/mol. The van der Waals surface area contributed by atoms with Gasteiger partial charge < -0.3 is 5.11 Å². The van der Waals surface area contributed by atoms with Gasteiger partial charge in [0.25, 0.3) is 0 Å².